The minimum atomic E-state index is 0.0141. The second-order valence-electron chi connectivity index (χ2n) is 7.40. The smallest absolute Gasteiger partial charge is 0.107 e. The van der Waals surface area contributed by atoms with Crippen molar-refractivity contribution in [3.05, 3.63) is 34.9 Å². The molecule has 3 heterocycles. The largest absolute Gasteiger partial charge is 0.274 e. The molecule has 0 spiro atoms. The highest BCUT2D eigenvalue weighted by Crippen LogP contribution is 2.25. The molecule has 7 heteroatoms. The molecule has 1 unspecified atom stereocenters. The SMILES string of the molecule is CC(=Nc1c(C)nn(C)c1C)C1=NC(C(C)=Nc2c(C)nn(C)c2C)CC=C1. The van der Waals surface area contributed by atoms with Crippen molar-refractivity contribution in [1.82, 2.24) is 19.6 Å². The van der Waals surface area contributed by atoms with Crippen LogP contribution in [0.25, 0.3) is 0 Å². The highest BCUT2D eigenvalue weighted by atomic mass is 15.3. The average Bonchev–Trinajstić information content (AvgIpc) is 3.04. The average molecular weight is 380 g/mol. The van der Waals surface area contributed by atoms with Crippen molar-refractivity contribution in [2.24, 2.45) is 29.1 Å². The van der Waals surface area contributed by atoms with E-state index in [4.69, 9.17) is 15.0 Å². The molecule has 0 fully saturated rings. The molecule has 1 atom stereocenters. The Kier molecular flexibility index (Phi) is 5.45. The van der Waals surface area contributed by atoms with Crippen molar-refractivity contribution < 1.29 is 0 Å². The lowest BCUT2D eigenvalue weighted by atomic mass is 10.0. The molecule has 2 aromatic rings. The molecular weight excluding hydrogens is 350 g/mol. The molecule has 3 rings (SSSR count). The summed E-state index contributed by atoms with van der Waals surface area (Å²) in [4.78, 5) is 14.6. The van der Waals surface area contributed by atoms with Gasteiger partial charge in [0.2, 0.25) is 0 Å². The van der Waals surface area contributed by atoms with Crippen LogP contribution < -0.4 is 0 Å². The predicted molar refractivity (Wildman–Crippen MR) is 116 cm³/mol. The number of aromatic nitrogens is 4. The van der Waals surface area contributed by atoms with Gasteiger partial charge in [0.1, 0.15) is 11.4 Å². The predicted octanol–water partition coefficient (Wildman–Crippen LogP) is 4.04. The van der Waals surface area contributed by atoms with Crippen LogP contribution >= 0.6 is 0 Å². The van der Waals surface area contributed by atoms with E-state index in [1.807, 2.05) is 71.1 Å². The third-order valence-electron chi connectivity index (χ3n) is 5.29. The van der Waals surface area contributed by atoms with Crippen LogP contribution in [0.1, 0.15) is 43.0 Å². The molecule has 0 radical (unpaired) electrons. The Morgan fingerprint density at radius 3 is 1.96 bits per heavy atom. The van der Waals surface area contributed by atoms with Crippen molar-refractivity contribution in [2.75, 3.05) is 0 Å². The minimum absolute atomic E-state index is 0.0141. The van der Waals surface area contributed by atoms with Gasteiger partial charge in [0.15, 0.2) is 0 Å². The second-order valence-corrected chi connectivity index (χ2v) is 7.40. The zero-order chi connectivity index (χ0) is 20.6. The molecule has 0 aliphatic carbocycles. The summed E-state index contributed by atoms with van der Waals surface area (Å²) in [5, 5.41) is 8.89. The summed E-state index contributed by atoms with van der Waals surface area (Å²) in [5.74, 6) is 0. The van der Waals surface area contributed by atoms with Crippen molar-refractivity contribution in [3.63, 3.8) is 0 Å². The molecule has 1 aliphatic rings. The van der Waals surface area contributed by atoms with E-state index in [9.17, 15) is 0 Å². The van der Waals surface area contributed by atoms with Crippen LogP contribution in [0, 0.1) is 27.7 Å². The molecule has 0 N–H and O–H groups in total. The van der Waals surface area contributed by atoms with Gasteiger partial charge in [-0.1, -0.05) is 6.08 Å². The van der Waals surface area contributed by atoms with E-state index in [1.54, 1.807) is 0 Å². The van der Waals surface area contributed by atoms with E-state index in [2.05, 4.69) is 16.3 Å². The van der Waals surface area contributed by atoms with Crippen molar-refractivity contribution in [2.45, 2.75) is 54.0 Å². The monoisotopic (exact) mass is 379 g/mol. The Balaban J connectivity index is 1.91. The number of nitrogens with zero attached hydrogens (tertiary/aromatic N) is 7. The number of hydrogen-bond donors (Lipinski definition) is 0. The van der Waals surface area contributed by atoms with E-state index >= 15 is 0 Å². The van der Waals surface area contributed by atoms with Gasteiger partial charge in [-0.05, 0) is 54.0 Å². The summed E-state index contributed by atoms with van der Waals surface area (Å²) in [6.45, 7) is 12.1. The summed E-state index contributed by atoms with van der Waals surface area (Å²) in [5.41, 5.74) is 8.62. The summed E-state index contributed by atoms with van der Waals surface area (Å²) >= 11 is 0. The maximum Gasteiger partial charge on any atom is 0.107 e. The van der Waals surface area contributed by atoms with Crippen LogP contribution in [-0.4, -0.2) is 42.7 Å². The fourth-order valence-corrected chi connectivity index (χ4v) is 3.37. The summed E-state index contributed by atoms with van der Waals surface area (Å²) in [6.07, 6.45) is 5.04. The molecule has 0 bridgehead atoms. The maximum absolute atomic E-state index is 4.92. The standard InChI is InChI=1S/C21H29N7/c1-12(22-20-14(3)25-27(7)16(20)5)18-10-9-11-19(24-18)13(2)23-21-15(4)26-28(8)17(21)6/h9-10,19H,11H2,1-8H3. The lowest BCUT2D eigenvalue weighted by Gasteiger charge is -2.16. The highest BCUT2D eigenvalue weighted by molar-refractivity contribution is 6.46. The first-order valence-electron chi connectivity index (χ1n) is 9.54. The number of hydrogen-bond acceptors (Lipinski definition) is 5. The number of aliphatic imine (C=N–C) groups is 3. The van der Waals surface area contributed by atoms with Gasteiger partial charge in [-0.3, -0.25) is 19.3 Å². The third kappa shape index (κ3) is 3.74. The van der Waals surface area contributed by atoms with E-state index in [0.717, 1.165) is 57.7 Å². The minimum Gasteiger partial charge on any atom is -0.274 e. The van der Waals surface area contributed by atoms with Crippen LogP contribution in [0.4, 0.5) is 11.4 Å². The summed E-state index contributed by atoms with van der Waals surface area (Å²) in [6, 6.07) is 0.0141. The van der Waals surface area contributed by atoms with Crippen LogP contribution in [0.2, 0.25) is 0 Å². The molecule has 0 saturated carbocycles. The Morgan fingerprint density at radius 2 is 1.46 bits per heavy atom. The van der Waals surface area contributed by atoms with Gasteiger partial charge < -0.3 is 0 Å². The Bertz CT molecular complexity index is 1030. The first-order valence-corrected chi connectivity index (χ1v) is 9.54. The first kappa shape index (κ1) is 19.9. The second kappa shape index (κ2) is 7.66. The first-order chi connectivity index (χ1) is 13.2. The van der Waals surface area contributed by atoms with Gasteiger partial charge in [-0.25, -0.2) is 4.99 Å². The third-order valence-corrected chi connectivity index (χ3v) is 5.29. The van der Waals surface area contributed by atoms with Crippen molar-refractivity contribution in [3.8, 4) is 0 Å². The van der Waals surface area contributed by atoms with Gasteiger partial charge in [0.25, 0.3) is 0 Å². The molecule has 7 nitrogen and oxygen atoms in total. The van der Waals surface area contributed by atoms with Gasteiger partial charge in [0, 0.05) is 19.8 Å². The zero-order valence-corrected chi connectivity index (χ0v) is 18.1. The van der Waals surface area contributed by atoms with E-state index in [1.165, 1.54) is 0 Å². The zero-order valence-electron chi connectivity index (χ0n) is 18.1. The lowest BCUT2D eigenvalue weighted by molar-refractivity contribution is 0.731. The molecule has 0 saturated heterocycles. The molecule has 148 valence electrons. The van der Waals surface area contributed by atoms with E-state index in [-0.39, 0.29) is 6.04 Å². The number of dihydropyridines is 1. The van der Waals surface area contributed by atoms with Crippen LogP contribution in [-0.2, 0) is 14.1 Å². The molecule has 28 heavy (non-hydrogen) atoms. The molecule has 1 aliphatic heterocycles. The molecule has 0 amide bonds. The quantitative estimate of drug-likeness (QED) is 0.752. The Hall–Kier alpha value is -2.83. The Morgan fingerprint density at radius 1 is 0.929 bits per heavy atom. The van der Waals surface area contributed by atoms with E-state index in [0.29, 0.717) is 0 Å². The van der Waals surface area contributed by atoms with Crippen molar-refractivity contribution >= 4 is 28.5 Å². The Labute approximate surface area is 166 Å². The van der Waals surface area contributed by atoms with Crippen molar-refractivity contribution in [1.29, 1.82) is 0 Å². The van der Waals surface area contributed by atoms with Gasteiger partial charge >= 0.3 is 0 Å². The van der Waals surface area contributed by atoms with Crippen LogP contribution in [0.15, 0.2) is 27.1 Å². The normalized spacial score (nSPS) is 18.0. The molecular formula is C21H29N7. The number of aryl methyl sites for hydroxylation is 4. The number of allylic oxidation sites excluding steroid dienone is 1. The highest BCUT2D eigenvalue weighted by Gasteiger charge is 2.18. The fraction of sp³-hybridized carbons (Fsp3) is 0.476. The van der Waals surface area contributed by atoms with Crippen LogP contribution in [0.3, 0.4) is 0 Å². The number of rotatable bonds is 4. The van der Waals surface area contributed by atoms with Gasteiger partial charge in [0.05, 0.1) is 40.2 Å². The summed E-state index contributed by atoms with van der Waals surface area (Å²) < 4.78 is 3.73. The van der Waals surface area contributed by atoms with E-state index < -0.39 is 0 Å². The fourth-order valence-electron chi connectivity index (χ4n) is 3.37. The van der Waals surface area contributed by atoms with Gasteiger partial charge in [-0.2, -0.15) is 10.2 Å². The molecule has 2 aromatic heterocycles. The van der Waals surface area contributed by atoms with Gasteiger partial charge in [-0.15, -0.1) is 0 Å². The topological polar surface area (TPSA) is 72.7 Å². The molecule has 0 aromatic carbocycles. The summed E-state index contributed by atoms with van der Waals surface area (Å²) in [7, 11) is 3.88. The maximum atomic E-state index is 4.92. The van der Waals surface area contributed by atoms with Crippen LogP contribution in [0.5, 0.6) is 0 Å². The lowest BCUT2D eigenvalue weighted by Crippen LogP contribution is -2.22.